The van der Waals surface area contributed by atoms with E-state index in [1.165, 1.54) is 0 Å². The van der Waals surface area contributed by atoms with Gasteiger partial charge in [0.05, 0.1) is 0 Å². The van der Waals surface area contributed by atoms with Crippen molar-refractivity contribution in [2.75, 3.05) is 7.05 Å². The second-order valence-corrected chi connectivity index (χ2v) is 6.54. The number of nitrogens with zero attached hydrogens (tertiary/aromatic N) is 1. The van der Waals surface area contributed by atoms with Gasteiger partial charge in [-0.05, 0) is 40.0 Å². The normalized spacial score (nSPS) is 28.3. The van der Waals surface area contributed by atoms with Gasteiger partial charge in [-0.2, -0.15) is 0 Å². The summed E-state index contributed by atoms with van der Waals surface area (Å²) in [6.45, 7) is 5.30. The van der Waals surface area contributed by atoms with Gasteiger partial charge in [-0.25, -0.2) is 4.79 Å². The molecule has 0 unspecified atom stereocenters. The fourth-order valence-corrected chi connectivity index (χ4v) is 3.00. The maximum absolute atomic E-state index is 12.4. The molecule has 2 aliphatic heterocycles. The van der Waals surface area contributed by atoms with Gasteiger partial charge < -0.3 is 20.3 Å². The number of amides is 3. The van der Waals surface area contributed by atoms with Crippen molar-refractivity contribution in [2.45, 2.75) is 63.8 Å². The van der Waals surface area contributed by atoms with Crippen LogP contribution in [0.5, 0.6) is 0 Å². The van der Waals surface area contributed by atoms with Gasteiger partial charge in [-0.3, -0.25) is 9.59 Å². The second kappa shape index (κ2) is 5.54. The Labute approximate surface area is 124 Å². The third-order valence-corrected chi connectivity index (χ3v) is 3.80. The first-order valence-corrected chi connectivity index (χ1v) is 7.26. The molecule has 3 atom stereocenters. The standard InChI is InChI=1S/C14H23N3O4/c1-14(2,3)21-13(20)16-9-7-8-5-6-10(11(18)15-4)17(8)12(9)19/h8-10H,5-7H2,1-4H3,(H,15,18)(H,16,20)/t8-,9+,10+/m1/s1. The Bertz CT molecular complexity index is 458. The quantitative estimate of drug-likeness (QED) is 0.772. The fourth-order valence-electron chi connectivity index (χ4n) is 3.00. The summed E-state index contributed by atoms with van der Waals surface area (Å²) in [7, 11) is 1.56. The summed E-state index contributed by atoms with van der Waals surface area (Å²) < 4.78 is 5.17. The molecule has 2 heterocycles. The molecule has 0 saturated carbocycles. The van der Waals surface area contributed by atoms with Crippen molar-refractivity contribution < 1.29 is 19.1 Å². The van der Waals surface area contributed by atoms with Crippen LogP contribution in [0.25, 0.3) is 0 Å². The summed E-state index contributed by atoms with van der Waals surface area (Å²) in [6, 6.07) is -0.991. The summed E-state index contributed by atoms with van der Waals surface area (Å²) in [5, 5.41) is 5.19. The van der Waals surface area contributed by atoms with Crippen LogP contribution in [0.1, 0.15) is 40.0 Å². The molecule has 118 valence electrons. The highest BCUT2D eigenvalue weighted by Crippen LogP contribution is 2.33. The average molecular weight is 297 g/mol. The molecular formula is C14H23N3O4. The lowest BCUT2D eigenvalue weighted by atomic mass is 10.1. The van der Waals surface area contributed by atoms with Crippen molar-refractivity contribution in [2.24, 2.45) is 0 Å². The Balaban J connectivity index is 1.99. The molecule has 2 aliphatic rings. The number of hydrogen-bond acceptors (Lipinski definition) is 4. The number of ether oxygens (including phenoxy) is 1. The van der Waals surface area contributed by atoms with Crippen molar-refractivity contribution in [3.05, 3.63) is 0 Å². The Kier molecular flexibility index (Phi) is 4.11. The predicted octanol–water partition coefficient (Wildman–Crippen LogP) is 0.389. The van der Waals surface area contributed by atoms with Gasteiger partial charge in [-0.1, -0.05) is 0 Å². The highest BCUT2D eigenvalue weighted by atomic mass is 16.6. The summed E-state index contributed by atoms with van der Waals surface area (Å²) in [5.74, 6) is -0.347. The largest absolute Gasteiger partial charge is 0.444 e. The van der Waals surface area contributed by atoms with Crippen LogP contribution in [0.15, 0.2) is 0 Å². The molecule has 0 aromatic carbocycles. The monoisotopic (exact) mass is 297 g/mol. The lowest BCUT2D eigenvalue weighted by Gasteiger charge is -2.24. The molecule has 0 aromatic heterocycles. The Morgan fingerprint density at radius 2 is 1.95 bits per heavy atom. The first-order valence-electron chi connectivity index (χ1n) is 7.26. The molecule has 3 amide bonds. The third kappa shape index (κ3) is 3.28. The molecule has 7 heteroatoms. The summed E-state index contributed by atoms with van der Waals surface area (Å²) in [5.41, 5.74) is -0.605. The molecule has 21 heavy (non-hydrogen) atoms. The van der Waals surface area contributed by atoms with Crippen LogP contribution >= 0.6 is 0 Å². The molecule has 2 fully saturated rings. The highest BCUT2D eigenvalue weighted by Gasteiger charge is 2.49. The second-order valence-electron chi connectivity index (χ2n) is 6.54. The summed E-state index contributed by atoms with van der Waals surface area (Å²) in [6.07, 6.45) is 1.40. The highest BCUT2D eigenvalue weighted by molar-refractivity contribution is 5.93. The van der Waals surface area contributed by atoms with E-state index in [-0.39, 0.29) is 17.9 Å². The molecule has 0 aliphatic carbocycles. The van der Waals surface area contributed by atoms with E-state index in [4.69, 9.17) is 4.74 Å². The third-order valence-electron chi connectivity index (χ3n) is 3.80. The smallest absolute Gasteiger partial charge is 0.408 e. The van der Waals surface area contributed by atoms with Gasteiger partial charge >= 0.3 is 6.09 Å². The SMILES string of the molecule is CNC(=O)[C@@H]1CC[C@@H]2C[C@H](NC(=O)OC(C)(C)C)C(=O)N21. The zero-order valence-corrected chi connectivity index (χ0v) is 12.9. The van der Waals surface area contributed by atoms with E-state index in [0.29, 0.717) is 12.8 Å². The van der Waals surface area contributed by atoms with Gasteiger partial charge in [0, 0.05) is 13.1 Å². The molecule has 2 saturated heterocycles. The van der Waals surface area contributed by atoms with Crippen molar-refractivity contribution in [1.29, 1.82) is 0 Å². The first kappa shape index (κ1) is 15.6. The van der Waals surface area contributed by atoms with Gasteiger partial charge in [0.15, 0.2) is 0 Å². The molecule has 0 bridgehead atoms. The molecule has 2 N–H and O–H groups in total. The van der Waals surface area contributed by atoms with E-state index in [2.05, 4.69) is 10.6 Å². The van der Waals surface area contributed by atoms with Gasteiger partial charge in [-0.15, -0.1) is 0 Å². The van der Waals surface area contributed by atoms with Crippen LogP contribution in [0.2, 0.25) is 0 Å². The number of fused-ring (bicyclic) bond motifs is 1. The van der Waals surface area contributed by atoms with Crippen molar-refractivity contribution in [3.8, 4) is 0 Å². The van der Waals surface area contributed by atoms with Crippen molar-refractivity contribution >= 4 is 17.9 Å². The zero-order valence-electron chi connectivity index (χ0n) is 12.9. The van der Waals surface area contributed by atoms with E-state index >= 15 is 0 Å². The van der Waals surface area contributed by atoms with Crippen LogP contribution in [0.4, 0.5) is 4.79 Å². The first-order chi connectivity index (χ1) is 9.73. The number of likely N-dealkylation sites (N-methyl/N-ethyl adjacent to an activating group) is 1. The number of alkyl carbamates (subject to hydrolysis) is 1. The topological polar surface area (TPSA) is 87.7 Å². The minimum Gasteiger partial charge on any atom is -0.444 e. The average Bonchev–Trinajstić information content (AvgIpc) is 2.88. The maximum Gasteiger partial charge on any atom is 0.408 e. The molecular weight excluding hydrogens is 274 g/mol. The molecule has 2 rings (SSSR count). The Hall–Kier alpha value is -1.79. The number of carbonyl (C=O) groups excluding carboxylic acids is 3. The maximum atomic E-state index is 12.4. The zero-order chi connectivity index (χ0) is 15.8. The van der Waals surface area contributed by atoms with E-state index in [1.54, 1.807) is 32.7 Å². The molecule has 0 radical (unpaired) electrons. The minimum atomic E-state index is -0.605. The van der Waals surface area contributed by atoms with Crippen LogP contribution in [-0.2, 0) is 14.3 Å². The fraction of sp³-hybridized carbons (Fsp3) is 0.786. The number of rotatable bonds is 2. The minimum absolute atomic E-state index is 0.0275. The van der Waals surface area contributed by atoms with E-state index < -0.39 is 23.8 Å². The van der Waals surface area contributed by atoms with E-state index in [0.717, 1.165) is 6.42 Å². The van der Waals surface area contributed by atoms with E-state index in [1.807, 2.05) is 0 Å². The molecule has 0 spiro atoms. The Morgan fingerprint density at radius 3 is 2.52 bits per heavy atom. The van der Waals surface area contributed by atoms with E-state index in [9.17, 15) is 14.4 Å². The van der Waals surface area contributed by atoms with Gasteiger partial charge in [0.1, 0.15) is 17.7 Å². The van der Waals surface area contributed by atoms with Crippen molar-refractivity contribution in [3.63, 3.8) is 0 Å². The van der Waals surface area contributed by atoms with Gasteiger partial charge in [0.25, 0.3) is 0 Å². The number of carbonyl (C=O) groups is 3. The molecule has 7 nitrogen and oxygen atoms in total. The Morgan fingerprint density at radius 1 is 1.29 bits per heavy atom. The van der Waals surface area contributed by atoms with Crippen molar-refractivity contribution in [1.82, 2.24) is 15.5 Å². The van der Waals surface area contributed by atoms with Crippen LogP contribution in [-0.4, -0.2) is 53.6 Å². The van der Waals surface area contributed by atoms with Gasteiger partial charge in [0.2, 0.25) is 11.8 Å². The van der Waals surface area contributed by atoms with Crippen LogP contribution in [0, 0.1) is 0 Å². The number of hydrogen-bond donors (Lipinski definition) is 2. The predicted molar refractivity (Wildman–Crippen MR) is 75.5 cm³/mol. The lowest BCUT2D eigenvalue weighted by molar-refractivity contribution is -0.137. The summed E-state index contributed by atoms with van der Waals surface area (Å²) >= 11 is 0. The van der Waals surface area contributed by atoms with Crippen LogP contribution < -0.4 is 10.6 Å². The number of nitrogens with one attached hydrogen (secondary N) is 2. The molecule has 0 aromatic rings. The lowest BCUT2D eigenvalue weighted by Crippen LogP contribution is -2.49. The summed E-state index contributed by atoms with van der Waals surface area (Å²) in [4.78, 5) is 37.6. The van der Waals surface area contributed by atoms with Crippen LogP contribution in [0.3, 0.4) is 0 Å².